The van der Waals surface area contributed by atoms with Crippen molar-refractivity contribution in [3.63, 3.8) is 0 Å². The summed E-state index contributed by atoms with van der Waals surface area (Å²) in [7, 11) is 0. The summed E-state index contributed by atoms with van der Waals surface area (Å²) in [5, 5.41) is 8.64. The van der Waals surface area contributed by atoms with Gasteiger partial charge in [-0.1, -0.05) is 26.8 Å². The zero-order valence-electron chi connectivity index (χ0n) is 8.00. The first-order valence-electron chi connectivity index (χ1n) is 4.09. The van der Waals surface area contributed by atoms with Gasteiger partial charge in [-0.3, -0.25) is 4.79 Å². The zero-order chi connectivity index (χ0) is 10.2. The maximum absolute atomic E-state index is 11.5. The lowest BCUT2D eigenvalue weighted by atomic mass is 9.87. The fraction of sp³-hybridized carbons (Fsp3) is 0.556. The van der Waals surface area contributed by atoms with Crippen LogP contribution in [0.2, 0.25) is 0 Å². The molecule has 0 unspecified atom stereocenters. The first-order chi connectivity index (χ1) is 5.84. The third-order valence-corrected chi connectivity index (χ3v) is 1.99. The van der Waals surface area contributed by atoms with Gasteiger partial charge < -0.3 is 5.11 Å². The molecule has 0 aromatic carbocycles. The minimum atomic E-state index is -1.18. The normalized spacial score (nSPS) is 17.6. The van der Waals surface area contributed by atoms with E-state index in [0.29, 0.717) is 5.57 Å². The number of imide groups is 1. The molecule has 0 radical (unpaired) electrons. The number of amides is 2. The van der Waals surface area contributed by atoms with Crippen LogP contribution in [0.3, 0.4) is 0 Å². The second kappa shape index (κ2) is 2.87. The number of carbonyl (C=O) groups excluding carboxylic acids is 1. The van der Waals surface area contributed by atoms with E-state index in [0.717, 1.165) is 4.90 Å². The van der Waals surface area contributed by atoms with Gasteiger partial charge in [0.15, 0.2) is 0 Å². The molecule has 4 heteroatoms. The monoisotopic (exact) mass is 183 g/mol. The molecule has 0 bridgehead atoms. The first kappa shape index (κ1) is 9.77. The van der Waals surface area contributed by atoms with E-state index in [9.17, 15) is 9.59 Å². The number of carboxylic acid groups (broad SMARTS) is 1. The van der Waals surface area contributed by atoms with Crippen molar-refractivity contribution in [2.45, 2.75) is 20.8 Å². The van der Waals surface area contributed by atoms with Gasteiger partial charge in [-0.15, -0.1) is 0 Å². The molecule has 0 saturated carbocycles. The molecule has 0 fully saturated rings. The Morgan fingerprint density at radius 2 is 2.08 bits per heavy atom. The first-order valence-corrected chi connectivity index (χ1v) is 4.09. The lowest BCUT2D eigenvalue weighted by Crippen LogP contribution is -2.34. The largest absolute Gasteiger partial charge is 0.465 e. The van der Waals surface area contributed by atoms with E-state index in [1.165, 1.54) is 0 Å². The Hall–Kier alpha value is -1.32. The van der Waals surface area contributed by atoms with E-state index >= 15 is 0 Å². The lowest BCUT2D eigenvalue weighted by molar-refractivity contribution is -0.124. The second-order valence-corrected chi connectivity index (χ2v) is 4.07. The summed E-state index contributed by atoms with van der Waals surface area (Å²) in [4.78, 5) is 22.8. The molecule has 0 atom stereocenters. The summed E-state index contributed by atoms with van der Waals surface area (Å²) in [6.07, 6.45) is 0.497. The Kier molecular flexibility index (Phi) is 2.15. The number of hydrogen-bond acceptors (Lipinski definition) is 2. The predicted molar refractivity (Wildman–Crippen MR) is 47.3 cm³/mol. The summed E-state index contributed by atoms with van der Waals surface area (Å²) in [6.45, 7) is 5.85. The van der Waals surface area contributed by atoms with Crippen molar-refractivity contribution < 1.29 is 14.7 Å². The predicted octanol–water partition coefficient (Wildman–Crippen LogP) is 1.48. The maximum Gasteiger partial charge on any atom is 0.414 e. The Morgan fingerprint density at radius 3 is 2.31 bits per heavy atom. The van der Waals surface area contributed by atoms with Crippen molar-refractivity contribution in [1.82, 2.24) is 4.90 Å². The summed E-state index contributed by atoms with van der Waals surface area (Å²) in [6, 6.07) is 0. The summed E-state index contributed by atoms with van der Waals surface area (Å²) < 4.78 is 0. The molecule has 0 aromatic rings. The zero-order valence-corrected chi connectivity index (χ0v) is 8.00. The van der Waals surface area contributed by atoms with Gasteiger partial charge in [-0.2, -0.15) is 0 Å². The van der Waals surface area contributed by atoms with Crippen molar-refractivity contribution >= 4 is 12.0 Å². The molecule has 72 valence electrons. The number of nitrogens with zero attached hydrogens (tertiary/aromatic N) is 1. The molecule has 1 aliphatic rings. The molecule has 4 nitrogen and oxygen atoms in total. The molecule has 1 heterocycles. The van der Waals surface area contributed by atoms with E-state index in [1.54, 1.807) is 6.08 Å². The number of hydrogen-bond donors (Lipinski definition) is 1. The van der Waals surface area contributed by atoms with Gasteiger partial charge in [0.25, 0.3) is 5.91 Å². The highest BCUT2D eigenvalue weighted by atomic mass is 16.4. The molecular weight excluding hydrogens is 170 g/mol. The molecule has 0 spiro atoms. The van der Waals surface area contributed by atoms with Gasteiger partial charge in [0.1, 0.15) is 0 Å². The molecule has 1 aliphatic heterocycles. The number of rotatable bonds is 0. The second-order valence-electron chi connectivity index (χ2n) is 4.07. The molecule has 13 heavy (non-hydrogen) atoms. The van der Waals surface area contributed by atoms with E-state index < -0.39 is 6.09 Å². The van der Waals surface area contributed by atoms with Crippen LogP contribution in [0, 0.1) is 5.41 Å². The van der Waals surface area contributed by atoms with Crippen LogP contribution >= 0.6 is 0 Å². The van der Waals surface area contributed by atoms with Crippen LogP contribution in [0.5, 0.6) is 0 Å². The van der Waals surface area contributed by atoms with Crippen molar-refractivity contribution in [3.8, 4) is 0 Å². The highest BCUT2D eigenvalue weighted by Gasteiger charge is 2.34. The van der Waals surface area contributed by atoms with E-state index in [1.807, 2.05) is 20.8 Å². The highest BCUT2D eigenvalue weighted by Crippen LogP contribution is 2.29. The average Bonchev–Trinajstić information content (AvgIpc) is 2.28. The van der Waals surface area contributed by atoms with Crippen molar-refractivity contribution in [2.24, 2.45) is 5.41 Å². The van der Waals surface area contributed by atoms with Crippen LogP contribution in [-0.2, 0) is 4.79 Å². The maximum atomic E-state index is 11.5. The van der Waals surface area contributed by atoms with Crippen molar-refractivity contribution in [2.75, 3.05) is 6.54 Å². The van der Waals surface area contributed by atoms with E-state index in [4.69, 9.17) is 5.11 Å². The Labute approximate surface area is 76.8 Å². The smallest absolute Gasteiger partial charge is 0.414 e. The van der Waals surface area contributed by atoms with Crippen molar-refractivity contribution in [3.05, 3.63) is 11.6 Å². The molecule has 0 saturated heterocycles. The Morgan fingerprint density at radius 1 is 1.54 bits per heavy atom. The standard InChI is InChI=1S/C9H13NO3/c1-9(2,3)6-4-5-10(7(6)11)8(12)13/h4H,5H2,1-3H3,(H,12,13). The molecule has 1 N–H and O–H groups in total. The molecular formula is C9H13NO3. The van der Waals surface area contributed by atoms with Crippen molar-refractivity contribution in [1.29, 1.82) is 0 Å². The van der Waals surface area contributed by atoms with Crippen LogP contribution < -0.4 is 0 Å². The van der Waals surface area contributed by atoms with Crippen LogP contribution in [0.4, 0.5) is 4.79 Å². The third kappa shape index (κ3) is 1.71. The van der Waals surface area contributed by atoms with Gasteiger partial charge in [0.2, 0.25) is 0 Å². The van der Waals surface area contributed by atoms with E-state index in [2.05, 4.69) is 0 Å². The lowest BCUT2D eigenvalue weighted by Gasteiger charge is -2.19. The summed E-state index contributed by atoms with van der Waals surface area (Å²) in [5.41, 5.74) is 0.302. The van der Waals surface area contributed by atoms with Crippen LogP contribution in [0.15, 0.2) is 11.6 Å². The topological polar surface area (TPSA) is 57.6 Å². The molecule has 2 amide bonds. The minimum Gasteiger partial charge on any atom is -0.465 e. The van der Waals surface area contributed by atoms with Crippen LogP contribution in [0.1, 0.15) is 20.8 Å². The van der Waals surface area contributed by atoms with E-state index in [-0.39, 0.29) is 17.9 Å². The molecule has 1 rings (SSSR count). The fourth-order valence-electron chi connectivity index (χ4n) is 1.29. The third-order valence-electron chi connectivity index (χ3n) is 1.99. The average molecular weight is 183 g/mol. The fourth-order valence-corrected chi connectivity index (χ4v) is 1.29. The Bertz CT molecular complexity index is 286. The minimum absolute atomic E-state index is 0.181. The Balaban J connectivity index is 2.87. The molecule has 0 aromatic heterocycles. The number of carbonyl (C=O) groups is 2. The van der Waals surface area contributed by atoms with Gasteiger partial charge in [0.05, 0.1) is 6.54 Å². The highest BCUT2D eigenvalue weighted by molar-refractivity contribution is 6.05. The summed E-state index contributed by atoms with van der Waals surface area (Å²) in [5.74, 6) is -0.389. The van der Waals surface area contributed by atoms with Gasteiger partial charge >= 0.3 is 6.09 Å². The quantitative estimate of drug-likeness (QED) is 0.618. The van der Waals surface area contributed by atoms with Gasteiger partial charge in [0, 0.05) is 5.57 Å². The van der Waals surface area contributed by atoms with Gasteiger partial charge in [-0.05, 0) is 5.41 Å². The van der Waals surface area contributed by atoms with Crippen LogP contribution in [0.25, 0.3) is 0 Å². The van der Waals surface area contributed by atoms with Crippen LogP contribution in [-0.4, -0.2) is 28.6 Å². The SMILES string of the molecule is CC(C)(C)C1=CCN(C(=O)O)C1=O. The van der Waals surface area contributed by atoms with Gasteiger partial charge in [-0.25, -0.2) is 9.69 Å². The summed E-state index contributed by atoms with van der Waals surface area (Å²) >= 11 is 0. The molecule has 0 aliphatic carbocycles.